The number of rotatable bonds is 1. The van der Waals surface area contributed by atoms with Gasteiger partial charge in [0, 0.05) is 19.6 Å². The fourth-order valence-electron chi connectivity index (χ4n) is 2.07. The predicted molar refractivity (Wildman–Crippen MR) is 62.4 cm³/mol. The molecule has 2 rings (SSSR count). The lowest BCUT2D eigenvalue weighted by atomic mass is 10.1. The molecule has 1 heterocycles. The molecule has 0 aromatic heterocycles. The van der Waals surface area contributed by atoms with Crippen molar-refractivity contribution >= 4 is 11.4 Å². The van der Waals surface area contributed by atoms with Gasteiger partial charge in [0.05, 0.1) is 16.9 Å². The number of benzene rings is 1. The van der Waals surface area contributed by atoms with E-state index in [1.54, 1.807) is 0 Å². The first-order chi connectivity index (χ1) is 7.91. The van der Waals surface area contributed by atoms with Crippen molar-refractivity contribution in [3.05, 3.63) is 23.8 Å². The molecule has 94 valence electrons. The fraction of sp³-hybridized carbons (Fsp3) is 0.500. The van der Waals surface area contributed by atoms with Gasteiger partial charge in [0.15, 0.2) is 0 Å². The number of halogens is 3. The van der Waals surface area contributed by atoms with Gasteiger partial charge in [0.1, 0.15) is 0 Å². The molecule has 1 unspecified atom stereocenters. The molecular weight excluding hydrogens is 229 g/mol. The number of nitrogens with one attached hydrogen (secondary N) is 1. The molecule has 1 aromatic rings. The fourth-order valence-corrected chi connectivity index (χ4v) is 2.07. The van der Waals surface area contributed by atoms with Crippen molar-refractivity contribution in [3.8, 4) is 0 Å². The average molecular weight is 244 g/mol. The molecule has 1 atom stereocenters. The van der Waals surface area contributed by atoms with Crippen molar-refractivity contribution in [1.82, 2.24) is 0 Å². The third-order valence-corrected chi connectivity index (χ3v) is 3.08. The van der Waals surface area contributed by atoms with E-state index in [1.165, 1.54) is 12.1 Å². The van der Waals surface area contributed by atoms with Crippen molar-refractivity contribution in [3.63, 3.8) is 0 Å². The topological polar surface area (TPSA) is 15.3 Å². The standard InChI is InChI=1S/C12H15F3N2/c1-3-9-7-17(2)11-6-8(12(13,14)15)4-5-10(11)16-9/h4-6,9,16H,3,7H2,1-2H3. The van der Waals surface area contributed by atoms with E-state index in [1.807, 2.05) is 11.9 Å². The van der Waals surface area contributed by atoms with Gasteiger partial charge in [0.2, 0.25) is 0 Å². The van der Waals surface area contributed by atoms with E-state index >= 15 is 0 Å². The molecule has 0 bridgehead atoms. The van der Waals surface area contributed by atoms with Crippen LogP contribution in [0.5, 0.6) is 0 Å². The second-order valence-corrected chi connectivity index (χ2v) is 4.36. The molecular formula is C12H15F3N2. The van der Waals surface area contributed by atoms with Gasteiger partial charge in [-0.1, -0.05) is 6.92 Å². The van der Waals surface area contributed by atoms with Crippen molar-refractivity contribution in [2.24, 2.45) is 0 Å². The Bertz CT molecular complexity index is 415. The Labute approximate surface area is 98.4 Å². The molecule has 0 radical (unpaired) electrons. The Morgan fingerprint density at radius 3 is 2.71 bits per heavy atom. The number of hydrogen-bond donors (Lipinski definition) is 1. The minimum Gasteiger partial charge on any atom is -0.379 e. The zero-order valence-corrected chi connectivity index (χ0v) is 9.80. The molecule has 0 amide bonds. The molecule has 1 N–H and O–H groups in total. The molecule has 17 heavy (non-hydrogen) atoms. The van der Waals surface area contributed by atoms with Crippen LogP contribution < -0.4 is 10.2 Å². The molecule has 1 aromatic carbocycles. The quantitative estimate of drug-likeness (QED) is 0.815. The van der Waals surface area contributed by atoms with Gasteiger partial charge in [-0.05, 0) is 24.6 Å². The van der Waals surface area contributed by atoms with Gasteiger partial charge < -0.3 is 10.2 Å². The highest BCUT2D eigenvalue weighted by molar-refractivity contribution is 5.73. The van der Waals surface area contributed by atoms with Crippen LogP contribution >= 0.6 is 0 Å². The number of anilines is 2. The molecule has 1 aliphatic heterocycles. The first kappa shape index (κ1) is 12.1. The molecule has 1 aliphatic rings. The second kappa shape index (κ2) is 4.13. The SMILES string of the molecule is CCC1CN(C)c2cc(C(F)(F)F)ccc2N1. The van der Waals surface area contributed by atoms with E-state index in [-0.39, 0.29) is 0 Å². The molecule has 0 saturated carbocycles. The van der Waals surface area contributed by atoms with Crippen LogP contribution in [0.25, 0.3) is 0 Å². The summed E-state index contributed by atoms with van der Waals surface area (Å²) < 4.78 is 37.8. The number of nitrogens with zero attached hydrogens (tertiary/aromatic N) is 1. The smallest absolute Gasteiger partial charge is 0.379 e. The zero-order chi connectivity index (χ0) is 12.6. The second-order valence-electron chi connectivity index (χ2n) is 4.36. The largest absolute Gasteiger partial charge is 0.416 e. The zero-order valence-electron chi connectivity index (χ0n) is 9.80. The first-order valence-electron chi connectivity index (χ1n) is 5.60. The van der Waals surface area contributed by atoms with E-state index in [2.05, 4.69) is 12.2 Å². The summed E-state index contributed by atoms with van der Waals surface area (Å²) in [6.07, 6.45) is -3.33. The van der Waals surface area contributed by atoms with Crippen LogP contribution in [0.15, 0.2) is 18.2 Å². The Balaban J connectivity index is 2.37. The van der Waals surface area contributed by atoms with Gasteiger partial charge >= 0.3 is 6.18 Å². The normalized spacial score (nSPS) is 19.8. The van der Waals surface area contributed by atoms with Crippen molar-refractivity contribution in [2.75, 3.05) is 23.8 Å². The summed E-state index contributed by atoms with van der Waals surface area (Å²) in [6, 6.07) is 4.13. The maximum Gasteiger partial charge on any atom is 0.416 e. The minimum absolute atomic E-state index is 0.296. The van der Waals surface area contributed by atoms with E-state index in [9.17, 15) is 13.2 Å². The molecule has 5 heteroatoms. The van der Waals surface area contributed by atoms with Crippen LogP contribution in [0.4, 0.5) is 24.5 Å². The highest BCUT2D eigenvalue weighted by Gasteiger charge is 2.32. The molecule has 0 spiro atoms. The summed E-state index contributed by atoms with van der Waals surface area (Å²) in [4.78, 5) is 1.87. The van der Waals surface area contributed by atoms with Crippen molar-refractivity contribution in [1.29, 1.82) is 0 Å². The van der Waals surface area contributed by atoms with E-state index < -0.39 is 11.7 Å². The number of likely N-dealkylation sites (N-methyl/N-ethyl adjacent to an activating group) is 1. The number of fused-ring (bicyclic) bond motifs is 1. The van der Waals surface area contributed by atoms with Crippen LogP contribution in [-0.2, 0) is 6.18 Å². The maximum absolute atomic E-state index is 12.6. The van der Waals surface area contributed by atoms with Crippen LogP contribution in [0, 0.1) is 0 Å². The van der Waals surface area contributed by atoms with E-state index in [0.29, 0.717) is 11.7 Å². The number of alkyl halides is 3. The van der Waals surface area contributed by atoms with Crippen LogP contribution in [0.1, 0.15) is 18.9 Å². The first-order valence-corrected chi connectivity index (χ1v) is 5.60. The van der Waals surface area contributed by atoms with Gasteiger partial charge in [-0.15, -0.1) is 0 Å². The Morgan fingerprint density at radius 2 is 2.12 bits per heavy atom. The summed E-state index contributed by atoms with van der Waals surface area (Å²) in [5, 5.41) is 3.25. The van der Waals surface area contributed by atoms with Crippen molar-refractivity contribution in [2.45, 2.75) is 25.6 Å². The third-order valence-electron chi connectivity index (χ3n) is 3.08. The lowest BCUT2D eigenvalue weighted by Crippen LogP contribution is -2.39. The summed E-state index contributed by atoms with van der Waals surface area (Å²) in [5.74, 6) is 0. The van der Waals surface area contributed by atoms with Crippen LogP contribution in [-0.4, -0.2) is 19.6 Å². The van der Waals surface area contributed by atoms with E-state index in [0.717, 1.165) is 24.7 Å². The third kappa shape index (κ3) is 2.33. The molecule has 2 nitrogen and oxygen atoms in total. The highest BCUT2D eigenvalue weighted by atomic mass is 19.4. The van der Waals surface area contributed by atoms with Gasteiger partial charge in [-0.2, -0.15) is 13.2 Å². The molecule has 0 fully saturated rings. The maximum atomic E-state index is 12.6. The van der Waals surface area contributed by atoms with Crippen LogP contribution in [0.2, 0.25) is 0 Å². The molecule has 0 saturated heterocycles. The lowest BCUT2D eigenvalue weighted by Gasteiger charge is -2.34. The number of hydrogen-bond acceptors (Lipinski definition) is 2. The lowest BCUT2D eigenvalue weighted by molar-refractivity contribution is -0.137. The molecule has 0 aliphatic carbocycles. The summed E-state index contributed by atoms with van der Waals surface area (Å²) in [6.45, 7) is 2.78. The summed E-state index contributed by atoms with van der Waals surface area (Å²) in [5.41, 5.74) is 0.794. The Hall–Kier alpha value is -1.39. The van der Waals surface area contributed by atoms with Gasteiger partial charge in [-0.25, -0.2) is 0 Å². The Kier molecular flexibility index (Phi) is 2.93. The predicted octanol–water partition coefficient (Wildman–Crippen LogP) is 3.35. The van der Waals surface area contributed by atoms with Crippen molar-refractivity contribution < 1.29 is 13.2 Å². The minimum atomic E-state index is -4.28. The van der Waals surface area contributed by atoms with Crippen LogP contribution in [0.3, 0.4) is 0 Å². The van der Waals surface area contributed by atoms with E-state index in [4.69, 9.17) is 0 Å². The average Bonchev–Trinajstić information content (AvgIpc) is 2.27. The monoisotopic (exact) mass is 244 g/mol. The Morgan fingerprint density at radius 1 is 1.41 bits per heavy atom. The van der Waals surface area contributed by atoms with Gasteiger partial charge in [0.25, 0.3) is 0 Å². The summed E-state index contributed by atoms with van der Waals surface area (Å²) >= 11 is 0. The highest BCUT2D eigenvalue weighted by Crippen LogP contribution is 2.37. The van der Waals surface area contributed by atoms with Gasteiger partial charge in [-0.3, -0.25) is 0 Å². The summed E-state index contributed by atoms with van der Waals surface area (Å²) in [7, 11) is 1.82.